The van der Waals surface area contributed by atoms with Crippen LogP contribution in [-0.4, -0.2) is 32.6 Å². The minimum absolute atomic E-state index is 0.207. The summed E-state index contributed by atoms with van der Waals surface area (Å²) in [5.41, 5.74) is 1.13. The van der Waals surface area contributed by atoms with E-state index in [2.05, 4.69) is 15.2 Å². The lowest BCUT2D eigenvalue weighted by molar-refractivity contribution is 0.296. The van der Waals surface area contributed by atoms with Crippen molar-refractivity contribution in [3.63, 3.8) is 0 Å². The molecule has 4 nitrogen and oxygen atoms in total. The van der Waals surface area contributed by atoms with Gasteiger partial charge in [-0.3, -0.25) is 5.10 Å². The summed E-state index contributed by atoms with van der Waals surface area (Å²) in [4.78, 5) is 4.32. The summed E-state index contributed by atoms with van der Waals surface area (Å²) >= 11 is 1.54. The van der Waals surface area contributed by atoms with Crippen LogP contribution < -0.4 is 0 Å². The molecule has 0 aliphatic heterocycles. The van der Waals surface area contributed by atoms with E-state index < -0.39 is 0 Å². The number of aliphatic hydroxyl groups excluding tert-OH is 1. The maximum Gasteiger partial charge on any atom is 0.208 e. The molecule has 0 amide bonds. The van der Waals surface area contributed by atoms with Gasteiger partial charge in [-0.05, 0) is 18.1 Å². The quantitative estimate of drug-likeness (QED) is 0.619. The summed E-state index contributed by atoms with van der Waals surface area (Å²) in [6, 6.07) is 10.0. The monoisotopic (exact) mass is 261 g/mol. The van der Waals surface area contributed by atoms with Crippen LogP contribution in [-0.2, 0) is 0 Å². The zero-order chi connectivity index (χ0) is 12.6. The molecular formula is C13H15N3OS. The second kappa shape index (κ2) is 6.98. The van der Waals surface area contributed by atoms with Crippen LogP contribution in [0.3, 0.4) is 0 Å². The highest BCUT2D eigenvalue weighted by atomic mass is 32.2. The van der Waals surface area contributed by atoms with E-state index in [9.17, 15) is 0 Å². The second-order valence-electron chi connectivity index (χ2n) is 3.67. The van der Waals surface area contributed by atoms with E-state index in [-0.39, 0.29) is 6.61 Å². The summed E-state index contributed by atoms with van der Waals surface area (Å²) in [5, 5.41) is 16.4. The van der Waals surface area contributed by atoms with E-state index in [1.807, 2.05) is 42.5 Å². The zero-order valence-corrected chi connectivity index (χ0v) is 10.7. The third-order valence-corrected chi connectivity index (χ3v) is 3.18. The molecule has 1 aromatic carbocycles. The average molecular weight is 261 g/mol. The molecule has 0 bridgehead atoms. The first-order valence-corrected chi connectivity index (χ1v) is 6.76. The van der Waals surface area contributed by atoms with Gasteiger partial charge in [-0.1, -0.05) is 48.2 Å². The molecule has 2 aromatic rings. The number of thioether (sulfide) groups is 1. The molecule has 0 radical (unpaired) electrons. The first-order chi connectivity index (χ1) is 8.88. The smallest absolute Gasteiger partial charge is 0.208 e. The Morgan fingerprint density at radius 1 is 1.22 bits per heavy atom. The maximum atomic E-state index is 8.69. The highest BCUT2D eigenvalue weighted by Gasteiger charge is 2.00. The van der Waals surface area contributed by atoms with Gasteiger partial charge in [-0.2, -0.15) is 0 Å². The Bertz CT molecular complexity index is 496. The predicted molar refractivity (Wildman–Crippen MR) is 74.2 cm³/mol. The number of aromatic nitrogens is 3. The van der Waals surface area contributed by atoms with Crippen LogP contribution in [0.1, 0.15) is 17.8 Å². The van der Waals surface area contributed by atoms with Gasteiger partial charge in [-0.15, -0.1) is 5.10 Å². The molecule has 0 saturated heterocycles. The number of aliphatic hydroxyl groups is 1. The normalized spacial score (nSPS) is 11.2. The molecule has 2 N–H and O–H groups in total. The standard InChI is InChI=1S/C13H15N3OS/c17-9-4-10-18-13-14-12(15-16-13)8-7-11-5-2-1-3-6-11/h1-3,5-8,17H,4,9-10H2,(H,14,15,16). The number of hydrogen-bond donors (Lipinski definition) is 2. The topological polar surface area (TPSA) is 61.8 Å². The van der Waals surface area contributed by atoms with Crippen LogP contribution in [0.25, 0.3) is 12.2 Å². The number of rotatable bonds is 6. The van der Waals surface area contributed by atoms with Crippen molar-refractivity contribution in [1.82, 2.24) is 15.2 Å². The summed E-state index contributed by atoms with van der Waals surface area (Å²) in [5.74, 6) is 1.57. The third-order valence-electron chi connectivity index (χ3n) is 2.25. The SMILES string of the molecule is OCCCSc1n[nH]c(C=Cc2ccccc2)n1. The molecule has 0 aliphatic carbocycles. The summed E-state index contributed by atoms with van der Waals surface area (Å²) in [6.45, 7) is 0.207. The van der Waals surface area contributed by atoms with Gasteiger partial charge in [0.15, 0.2) is 0 Å². The van der Waals surface area contributed by atoms with E-state index >= 15 is 0 Å². The molecule has 0 aliphatic rings. The molecule has 18 heavy (non-hydrogen) atoms. The molecule has 0 spiro atoms. The first-order valence-electron chi connectivity index (χ1n) is 5.77. The number of benzene rings is 1. The molecule has 94 valence electrons. The number of H-pyrrole nitrogens is 1. The van der Waals surface area contributed by atoms with Crippen molar-refractivity contribution >= 4 is 23.9 Å². The highest BCUT2D eigenvalue weighted by Crippen LogP contribution is 2.14. The molecule has 2 rings (SSSR count). The Morgan fingerprint density at radius 3 is 2.83 bits per heavy atom. The molecule has 5 heteroatoms. The highest BCUT2D eigenvalue weighted by molar-refractivity contribution is 7.99. The summed E-state index contributed by atoms with van der Waals surface area (Å²) in [6.07, 6.45) is 4.65. The molecule has 1 heterocycles. The first kappa shape index (κ1) is 12.9. The molecule has 1 aromatic heterocycles. The second-order valence-corrected chi connectivity index (χ2v) is 4.73. The number of hydrogen-bond acceptors (Lipinski definition) is 4. The van der Waals surface area contributed by atoms with Gasteiger partial charge >= 0.3 is 0 Å². The van der Waals surface area contributed by atoms with Gasteiger partial charge in [0.25, 0.3) is 0 Å². The van der Waals surface area contributed by atoms with E-state index in [0.717, 1.165) is 28.7 Å². The lowest BCUT2D eigenvalue weighted by atomic mass is 10.2. The van der Waals surface area contributed by atoms with Crippen molar-refractivity contribution in [2.75, 3.05) is 12.4 Å². The Kier molecular flexibility index (Phi) is 4.99. The van der Waals surface area contributed by atoms with E-state index in [4.69, 9.17) is 5.11 Å². The van der Waals surface area contributed by atoms with Crippen LogP contribution in [0.4, 0.5) is 0 Å². The van der Waals surface area contributed by atoms with Crippen molar-refractivity contribution < 1.29 is 5.11 Å². The lowest BCUT2D eigenvalue weighted by Gasteiger charge is -1.91. The zero-order valence-electron chi connectivity index (χ0n) is 9.91. The minimum atomic E-state index is 0.207. The van der Waals surface area contributed by atoms with Crippen LogP contribution >= 0.6 is 11.8 Å². The van der Waals surface area contributed by atoms with Crippen molar-refractivity contribution in [1.29, 1.82) is 0 Å². The van der Waals surface area contributed by atoms with Crippen LogP contribution in [0.2, 0.25) is 0 Å². The number of nitrogens with one attached hydrogen (secondary N) is 1. The van der Waals surface area contributed by atoms with E-state index in [1.54, 1.807) is 11.8 Å². The van der Waals surface area contributed by atoms with Gasteiger partial charge in [-0.25, -0.2) is 4.98 Å². The minimum Gasteiger partial charge on any atom is -0.396 e. The van der Waals surface area contributed by atoms with Crippen molar-refractivity contribution in [3.8, 4) is 0 Å². The van der Waals surface area contributed by atoms with Crippen LogP contribution in [0.5, 0.6) is 0 Å². The fourth-order valence-electron chi connectivity index (χ4n) is 1.36. The predicted octanol–water partition coefficient (Wildman–Crippen LogP) is 2.45. The lowest BCUT2D eigenvalue weighted by Crippen LogP contribution is -1.86. The fourth-order valence-corrected chi connectivity index (χ4v) is 2.09. The van der Waals surface area contributed by atoms with Gasteiger partial charge < -0.3 is 5.11 Å². The van der Waals surface area contributed by atoms with Gasteiger partial charge in [0.2, 0.25) is 5.16 Å². The molecule has 0 fully saturated rings. The number of nitrogens with zero attached hydrogens (tertiary/aromatic N) is 2. The van der Waals surface area contributed by atoms with Crippen LogP contribution in [0.15, 0.2) is 35.5 Å². The third kappa shape index (κ3) is 4.01. The van der Waals surface area contributed by atoms with Crippen LogP contribution in [0, 0.1) is 0 Å². The van der Waals surface area contributed by atoms with Crippen molar-refractivity contribution in [3.05, 3.63) is 41.7 Å². The van der Waals surface area contributed by atoms with Crippen molar-refractivity contribution in [2.45, 2.75) is 11.6 Å². The molecule has 0 atom stereocenters. The maximum absolute atomic E-state index is 8.69. The average Bonchev–Trinajstić information content (AvgIpc) is 2.86. The Balaban J connectivity index is 1.92. The Hall–Kier alpha value is -1.59. The van der Waals surface area contributed by atoms with E-state index in [1.165, 1.54) is 0 Å². The van der Waals surface area contributed by atoms with Gasteiger partial charge in [0.1, 0.15) is 5.82 Å². The van der Waals surface area contributed by atoms with E-state index in [0.29, 0.717) is 0 Å². The Morgan fingerprint density at radius 2 is 2.06 bits per heavy atom. The van der Waals surface area contributed by atoms with Gasteiger partial charge in [0.05, 0.1) is 0 Å². The van der Waals surface area contributed by atoms with Crippen molar-refractivity contribution in [2.24, 2.45) is 0 Å². The fraction of sp³-hybridized carbons (Fsp3) is 0.231. The number of aromatic amines is 1. The molecule has 0 saturated carbocycles. The van der Waals surface area contributed by atoms with Gasteiger partial charge in [0, 0.05) is 12.4 Å². The molecule has 0 unspecified atom stereocenters. The molecular weight excluding hydrogens is 246 g/mol. The summed E-state index contributed by atoms with van der Waals surface area (Å²) in [7, 11) is 0. The largest absolute Gasteiger partial charge is 0.396 e. The Labute approximate surface area is 110 Å². The summed E-state index contributed by atoms with van der Waals surface area (Å²) < 4.78 is 0.